The second kappa shape index (κ2) is 14.5. The van der Waals surface area contributed by atoms with Crippen molar-refractivity contribution in [2.45, 2.75) is 58.9 Å². The second-order valence-electron chi connectivity index (χ2n) is 7.44. The molecule has 0 spiro atoms. The van der Waals surface area contributed by atoms with Crippen molar-refractivity contribution in [3.8, 4) is 0 Å². The average Bonchev–Trinajstić information content (AvgIpc) is 2.68. The molecule has 0 bridgehead atoms. The third-order valence-electron chi connectivity index (χ3n) is 4.98. The van der Waals surface area contributed by atoms with Gasteiger partial charge in [0.15, 0.2) is 5.96 Å². The summed E-state index contributed by atoms with van der Waals surface area (Å²) in [5.41, 5.74) is 1.07. The number of piperidine rings is 1. The smallest absolute Gasteiger partial charge is 0.227 e. The number of nitrogens with zero attached hydrogens (tertiary/aromatic N) is 3. The van der Waals surface area contributed by atoms with Gasteiger partial charge < -0.3 is 20.9 Å². The van der Waals surface area contributed by atoms with Crippen LogP contribution < -0.4 is 16.0 Å². The number of aliphatic imine (C=N–C) groups is 1. The van der Waals surface area contributed by atoms with E-state index in [0.29, 0.717) is 24.8 Å². The summed E-state index contributed by atoms with van der Waals surface area (Å²) in [7, 11) is 0. The summed E-state index contributed by atoms with van der Waals surface area (Å²) in [6.07, 6.45) is 7.16. The van der Waals surface area contributed by atoms with Gasteiger partial charge in [0, 0.05) is 44.8 Å². The van der Waals surface area contributed by atoms with Crippen molar-refractivity contribution < 1.29 is 4.79 Å². The van der Waals surface area contributed by atoms with Crippen LogP contribution in [0.15, 0.2) is 23.3 Å². The van der Waals surface area contributed by atoms with Gasteiger partial charge in [-0.15, -0.1) is 24.0 Å². The van der Waals surface area contributed by atoms with Crippen LogP contribution >= 0.6 is 24.0 Å². The zero-order chi connectivity index (χ0) is 20.2. The van der Waals surface area contributed by atoms with Crippen LogP contribution in [0.3, 0.4) is 0 Å². The zero-order valence-electron chi connectivity index (χ0n) is 18.0. The molecule has 1 saturated heterocycles. The lowest BCUT2D eigenvalue weighted by Gasteiger charge is -2.33. The number of amides is 1. The first-order chi connectivity index (χ1) is 13.6. The van der Waals surface area contributed by atoms with E-state index < -0.39 is 0 Å². The highest BCUT2D eigenvalue weighted by molar-refractivity contribution is 14.0. The molecule has 1 aliphatic rings. The predicted octanol–water partition coefficient (Wildman–Crippen LogP) is 3.16. The quantitative estimate of drug-likeness (QED) is 0.203. The first-order valence-electron chi connectivity index (χ1n) is 10.6. The van der Waals surface area contributed by atoms with E-state index in [-0.39, 0.29) is 29.9 Å². The van der Waals surface area contributed by atoms with Gasteiger partial charge in [-0.2, -0.15) is 0 Å². The van der Waals surface area contributed by atoms with Gasteiger partial charge in [-0.1, -0.05) is 12.5 Å². The molecule has 1 atom stereocenters. The zero-order valence-corrected chi connectivity index (χ0v) is 20.4. The monoisotopic (exact) mass is 516 g/mol. The van der Waals surface area contributed by atoms with Gasteiger partial charge in [-0.3, -0.25) is 9.79 Å². The van der Waals surface area contributed by atoms with Crippen LogP contribution in [0.2, 0.25) is 0 Å². The molecule has 3 N–H and O–H groups in total. The van der Waals surface area contributed by atoms with Crippen molar-refractivity contribution in [3.63, 3.8) is 0 Å². The largest absolute Gasteiger partial charge is 0.357 e. The molecule has 1 aromatic rings. The maximum atomic E-state index is 12.0. The number of carbonyl (C=O) groups is 1. The maximum Gasteiger partial charge on any atom is 0.227 e. The Hall–Kier alpha value is -1.42. The fourth-order valence-corrected chi connectivity index (χ4v) is 3.34. The molecule has 1 unspecified atom stereocenters. The van der Waals surface area contributed by atoms with E-state index in [9.17, 15) is 4.79 Å². The first-order valence-corrected chi connectivity index (χ1v) is 10.6. The topological polar surface area (TPSA) is 81.7 Å². The summed E-state index contributed by atoms with van der Waals surface area (Å²) in [5.74, 6) is 1.30. The molecule has 1 aliphatic heterocycles. The highest BCUT2D eigenvalue weighted by Gasteiger charge is 2.17. The van der Waals surface area contributed by atoms with Gasteiger partial charge >= 0.3 is 0 Å². The van der Waals surface area contributed by atoms with E-state index in [0.717, 1.165) is 37.6 Å². The minimum atomic E-state index is -0.0567. The Morgan fingerprint density at radius 2 is 2.14 bits per heavy atom. The third-order valence-corrected chi connectivity index (χ3v) is 4.98. The molecule has 29 heavy (non-hydrogen) atoms. The Labute approximate surface area is 192 Å². The van der Waals surface area contributed by atoms with Crippen LogP contribution in [0, 0.1) is 6.92 Å². The maximum absolute atomic E-state index is 12.0. The molecule has 8 heteroatoms. The molecule has 0 saturated carbocycles. The molecule has 1 fully saturated rings. The Kier molecular flexibility index (Phi) is 12.8. The van der Waals surface area contributed by atoms with Gasteiger partial charge in [0.2, 0.25) is 5.91 Å². The summed E-state index contributed by atoms with van der Waals surface area (Å²) in [6.45, 7) is 10.8. The highest BCUT2D eigenvalue weighted by Crippen LogP contribution is 2.16. The van der Waals surface area contributed by atoms with Gasteiger partial charge in [0.05, 0.1) is 0 Å². The fraction of sp³-hybridized carbons (Fsp3) is 0.667. The molecule has 164 valence electrons. The molecular formula is C21H37IN6O. The van der Waals surface area contributed by atoms with Gasteiger partial charge in [0.1, 0.15) is 5.82 Å². The van der Waals surface area contributed by atoms with E-state index in [1.807, 2.05) is 26.0 Å². The number of nitrogens with one attached hydrogen (secondary N) is 3. The molecular weight excluding hydrogens is 479 g/mol. The number of carbonyl (C=O) groups excluding carboxylic acids is 1. The average molecular weight is 516 g/mol. The molecule has 0 aliphatic carbocycles. The number of anilines is 1. The standard InChI is InChI=1S/C21H36N6O.HI/c1-4-22-21(23-12-7-15-27-14-6-5-8-18(27)3)24-13-11-20(28)26-19-10-9-17(2)16-25-19;/h9-10,16,18H,4-8,11-15H2,1-3H3,(H2,22,23,24)(H,25,26,28);1H. The second-order valence-corrected chi connectivity index (χ2v) is 7.44. The fourth-order valence-electron chi connectivity index (χ4n) is 3.34. The lowest BCUT2D eigenvalue weighted by molar-refractivity contribution is -0.116. The molecule has 2 heterocycles. The molecule has 7 nitrogen and oxygen atoms in total. The van der Waals surface area contributed by atoms with Crippen LogP contribution in [-0.2, 0) is 4.79 Å². The first kappa shape index (κ1) is 25.6. The van der Waals surface area contributed by atoms with E-state index in [1.54, 1.807) is 6.20 Å². The molecule has 2 rings (SSSR count). The number of aromatic nitrogens is 1. The number of halogens is 1. The van der Waals surface area contributed by atoms with Crippen molar-refractivity contribution in [1.82, 2.24) is 20.5 Å². The van der Waals surface area contributed by atoms with Crippen molar-refractivity contribution in [3.05, 3.63) is 23.9 Å². The number of pyridine rings is 1. The summed E-state index contributed by atoms with van der Waals surface area (Å²) >= 11 is 0. The van der Waals surface area contributed by atoms with Crippen molar-refractivity contribution >= 4 is 41.7 Å². The SMILES string of the molecule is CCNC(=NCCCN1CCCCC1C)NCCC(=O)Nc1ccc(C)cn1.I. The predicted molar refractivity (Wildman–Crippen MR) is 131 cm³/mol. The van der Waals surface area contributed by atoms with Gasteiger partial charge in [-0.25, -0.2) is 4.98 Å². The van der Waals surface area contributed by atoms with Crippen LogP contribution in [0.1, 0.15) is 51.5 Å². The molecule has 1 aromatic heterocycles. The Morgan fingerprint density at radius 3 is 2.83 bits per heavy atom. The molecule has 0 radical (unpaired) electrons. The van der Waals surface area contributed by atoms with Crippen LogP contribution in [-0.4, -0.2) is 60.5 Å². The van der Waals surface area contributed by atoms with Crippen molar-refractivity contribution in [2.75, 3.05) is 38.0 Å². The number of hydrogen-bond acceptors (Lipinski definition) is 4. The number of aryl methyl sites for hydroxylation is 1. The summed E-state index contributed by atoms with van der Waals surface area (Å²) in [5, 5.41) is 9.29. The molecule has 0 aromatic carbocycles. The highest BCUT2D eigenvalue weighted by atomic mass is 127. The number of likely N-dealkylation sites (tertiary alicyclic amines) is 1. The summed E-state index contributed by atoms with van der Waals surface area (Å²) in [6, 6.07) is 4.45. The van der Waals surface area contributed by atoms with E-state index in [4.69, 9.17) is 0 Å². The van der Waals surface area contributed by atoms with Gasteiger partial charge in [-0.05, 0) is 58.2 Å². The Balaban J connectivity index is 0.00000420. The lowest BCUT2D eigenvalue weighted by Crippen LogP contribution is -2.39. The Morgan fingerprint density at radius 1 is 1.31 bits per heavy atom. The minimum absolute atomic E-state index is 0. The van der Waals surface area contributed by atoms with E-state index in [1.165, 1.54) is 25.8 Å². The minimum Gasteiger partial charge on any atom is -0.357 e. The van der Waals surface area contributed by atoms with Crippen LogP contribution in [0.25, 0.3) is 0 Å². The summed E-state index contributed by atoms with van der Waals surface area (Å²) in [4.78, 5) is 23.4. The molecule has 1 amide bonds. The van der Waals surface area contributed by atoms with Crippen molar-refractivity contribution in [1.29, 1.82) is 0 Å². The van der Waals surface area contributed by atoms with E-state index >= 15 is 0 Å². The Bertz CT molecular complexity index is 622. The lowest BCUT2D eigenvalue weighted by atomic mass is 10.0. The number of guanidine groups is 1. The van der Waals surface area contributed by atoms with Crippen LogP contribution in [0.5, 0.6) is 0 Å². The number of hydrogen-bond donors (Lipinski definition) is 3. The van der Waals surface area contributed by atoms with Crippen molar-refractivity contribution in [2.24, 2.45) is 4.99 Å². The third kappa shape index (κ3) is 10.3. The summed E-state index contributed by atoms with van der Waals surface area (Å²) < 4.78 is 0. The van der Waals surface area contributed by atoms with Gasteiger partial charge in [0.25, 0.3) is 0 Å². The number of rotatable bonds is 9. The van der Waals surface area contributed by atoms with E-state index in [2.05, 4.69) is 37.8 Å². The van der Waals surface area contributed by atoms with Crippen LogP contribution in [0.4, 0.5) is 5.82 Å². The normalized spacial score (nSPS) is 17.3.